The lowest BCUT2D eigenvalue weighted by Gasteiger charge is -2.23. The third-order valence-electron chi connectivity index (χ3n) is 7.83. The van der Waals surface area contributed by atoms with Gasteiger partial charge in [0.1, 0.15) is 12.0 Å². The van der Waals surface area contributed by atoms with Crippen LogP contribution in [0.5, 0.6) is 5.75 Å². The van der Waals surface area contributed by atoms with Gasteiger partial charge < -0.3 is 29.4 Å². The SMILES string of the molecule is CCN(CCCCOc1cccc2c1CN(C(C=O)CCC(=O)NC)C2=O)CC[C@H]1OCc2ccc(C)cc21. The third-order valence-corrected chi connectivity index (χ3v) is 7.83. The molecule has 2 aliphatic rings. The summed E-state index contributed by atoms with van der Waals surface area (Å²) in [5.74, 6) is 0.356. The molecule has 2 aromatic rings. The van der Waals surface area contributed by atoms with Crippen LogP contribution in [0, 0.1) is 6.92 Å². The van der Waals surface area contributed by atoms with Crippen molar-refractivity contribution >= 4 is 18.1 Å². The second-order valence-electron chi connectivity index (χ2n) is 10.4. The van der Waals surface area contributed by atoms with E-state index in [1.807, 2.05) is 12.1 Å². The summed E-state index contributed by atoms with van der Waals surface area (Å²) >= 11 is 0. The van der Waals surface area contributed by atoms with E-state index >= 15 is 0 Å². The van der Waals surface area contributed by atoms with Gasteiger partial charge in [-0.25, -0.2) is 0 Å². The van der Waals surface area contributed by atoms with Crippen LogP contribution in [0.1, 0.15) is 77.7 Å². The number of carbonyl (C=O) groups excluding carboxylic acids is 3. The number of aldehydes is 1. The molecule has 0 fully saturated rings. The van der Waals surface area contributed by atoms with Crippen molar-refractivity contribution in [2.24, 2.45) is 0 Å². The van der Waals surface area contributed by atoms with Crippen LogP contribution >= 0.6 is 0 Å². The predicted octanol–water partition coefficient (Wildman–Crippen LogP) is 4.19. The molecule has 2 aliphatic heterocycles. The Labute approximate surface area is 231 Å². The highest BCUT2D eigenvalue weighted by molar-refractivity contribution is 6.00. The lowest BCUT2D eigenvalue weighted by molar-refractivity contribution is -0.121. The average molecular weight is 536 g/mol. The maximum absolute atomic E-state index is 13.0. The molecule has 8 heteroatoms. The van der Waals surface area contributed by atoms with Crippen molar-refractivity contribution in [1.29, 1.82) is 0 Å². The van der Waals surface area contributed by atoms with Crippen molar-refractivity contribution in [1.82, 2.24) is 15.1 Å². The van der Waals surface area contributed by atoms with Crippen molar-refractivity contribution in [2.75, 3.05) is 33.3 Å². The number of unbranched alkanes of at least 4 members (excludes halogenated alkanes) is 1. The van der Waals surface area contributed by atoms with Crippen LogP contribution in [0.2, 0.25) is 0 Å². The zero-order valence-electron chi connectivity index (χ0n) is 23.4. The lowest BCUT2D eigenvalue weighted by Crippen LogP contribution is -2.37. The molecule has 4 rings (SSSR count). The highest BCUT2D eigenvalue weighted by Gasteiger charge is 2.34. The highest BCUT2D eigenvalue weighted by atomic mass is 16.5. The van der Waals surface area contributed by atoms with E-state index in [0.717, 1.165) is 50.7 Å². The number of benzene rings is 2. The van der Waals surface area contributed by atoms with Crippen LogP contribution in [-0.2, 0) is 27.5 Å². The molecule has 2 atom stereocenters. The number of nitrogens with zero attached hydrogens (tertiary/aromatic N) is 2. The van der Waals surface area contributed by atoms with E-state index in [2.05, 4.69) is 42.3 Å². The van der Waals surface area contributed by atoms with Gasteiger partial charge in [-0.2, -0.15) is 0 Å². The fourth-order valence-electron chi connectivity index (χ4n) is 5.44. The largest absolute Gasteiger partial charge is 0.493 e. The second-order valence-corrected chi connectivity index (χ2v) is 10.4. The molecule has 0 aliphatic carbocycles. The summed E-state index contributed by atoms with van der Waals surface area (Å²) in [5, 5.41) is 2.55. The van der Waals surface area contributed by atoms with Crippen molar-refractivity contribution in [3.05, 3.63) is 64.2 Å². The summed E-state index contributed by atoms with van der Waals surface area (Å²) in [6.07, 6.45) is 4.34. The van der Waals surface area contributed by atoms with E-state index in [1.54, 1.807) is 18.0 Å². The Morgan fingerprint density at radius 2 is 2.10 bits per heavy atom. The number of hydrogen-bond acceptors (Lipinski definition) is 6. The Kier molecular flexibility index (Phi) is 10.1. The standard InChI is InChI=1S/C31H41N3O5/c1-4-33(16-14-29-26-18-22(2)10-11-23(26)21-39-29)15-5-6-17-38-28-9-7-8-25-27(28)19-34(31(25)37)24(20-35)12-13-30(36)32-3/h7-11,18,20,24,29H,4-6,12-17,19,21H2,1-3H3,(H,32,36)/t24?,29-/m1/s1. The van der Waals surface area contributed by atoms with E-state index in [4.69, 9.17) is 9.47 Å². The van der Waals surface area contributed by atoms with Gasteiger partial charge in [0.2, 0.25) is 5.91 Å². The Morgan fingerprint density at radius 3 is 2.87 bits per heavy atom. The number of nitrogens with one attached hydrogen (secondary N) is 1. The summed E-state index contributed by atoms with van der Waals surface area (Å²) in [5.41, 5.74) is 5.33. The maximum Gasteiger partial charge on any atom is 0.255 e. The summed E-state index contributed by atoms with van der Waals surface area (Å²) in [7, 11) is 1.56. The first-order valence-corrected chi connectivity index (χ1v) is 14.1. The second kappa shape index (κ2) is 13.7. The number of carbonyl (C=O) groups is 3. The van der Waals surface area contributed by atoms with Gasteiger partial charge in [0.25, 0.3) is 5.91 Å². The summed E-state index contributed by atoms with van der Waals surface area (Å²) in [6, 6.07) is 11.4. The normalized spacial score (nSPS) is 16.8. The number of fused-ring (bicyclic) bond motifs is 2. The first-order chi connectivity index (χ1) is 18.9. The summed E-state index contributed by atoms with van der Waals surface area (Å²) in [6.45, 7) is 8.91. The van der Waals surface area contributed by atoms with Crippen LogP contribution in [0.3, 0.4) is 0 Å². The van der Waals surface area contributed by atoms with E-state index in [-0.39, 0.29) is 24.3 Å². The zero-order chi connectivity index (χ0) is 27.8. The minimum Gasteiger partial charge on any atom is -0.493 e. The molecule has 8 nitrogen and oxygen atoms in total. The van der Waals surface area contributed by atoms with E-state index in [0.29, 0.717) is 37.5 Å². The number of amides is 2. The van der Waals surface area contributed by atoms with E-state index < -0.39 is 6.04 Å². The topological polar surface area (TPSA) is 88.2 Å². The molecule has 210 valence electrons. The molecule has 0 radical (unpaired) electrons. The monoisotopic (exact) mass is 535 g/mol. The predicted molar refractivity (Wildman–Crippen MR) is 150 cm³/mol. The van der Waals surface area contributed by atoms with Crippen LogP contribution in [-0.4, -0.2) is 67.2 Å². The molecular formula is C31H41N3O5. The Morgan fingerprint density at radius 1 is 1.26 bits per heavy atom. The van der Waals surface area contributed by atoms with Crippen molar-refractivity contribution in [2.45, 2.75) is 71.2 Å². The Bertz CT molecular complexity index is 1170. The fraction of sp³-hybridized carbons (Fsp3) is 0.516. The number of rotatable bonds is 15. The van der Waals surface area contributed by atoms with Crippen molar-refractivity contribution in [3.8, 4) is 5.75 Å². The molecule has 1 N–H and O–H groups in total. The smallest absolute Gasteiger partial charge is 0.255 e. The average Bonchev–Trinajstić information content (AvgIpc) is 3.51. The van der Waals surface area contributed by atoms with Crippen molar-refractivity contribution < 1.29 is 23.9 Å². The lowest BCUT2D eigenvalue weighted by atomic mass is 10.0. The van der Waals surface area contributed by atoms with Gasteiger partial charge in [0.15, 0.2) is 0 Å². The molecule has 39 heavy (non-hydrogen) atoms. The Hall–Kier alpha value is -3.23. The van der Waals surface area contributed by atoms with Crippen LogP contribution in [0.15, 0.2) is 36.4 Å². The molecule has 0 saturated heterocycles. The maximum atomic E-state index is 13.0. The first-order valence-electron chi connectivity index (χ1n) is 14.1. The molecule has 2 heterocycles. The molecule has 0 bridgehead atoms. The van der Waals surface area contributed by atoms with Gasteiger partial charge in [0.05, 0.1) is 31.9 Å². The number of ether oxygens (including phenoxy) is 2. The Balaban J connectivity index is 1.22. The highest BCUT2D eigenvalue weighted by Crippen LogP contribution is 2.34. The van der Waals surface area contributed by atoms with Crippen LogP contribution in [0.25, 0.3) is 0 Å². The van der Waals surface area contributed by atoms with Gasteiger partial charge in [-0.3, -0.25) is 9.59 Å². The minimum atomic E-state index is -0.637. The third kappa shape index (κ3) is 7.05. The molecule has 0 saturated carbocycles. The van der Waals surface area contributed by atoms with E-state index in [9.17, 15) is 14.4 Å². The molecule has 2 aromatic carbocycles. The van der Waals surface area contributed by atoms with Crippen LogP contribution in [0.4, 0.5) is 0 Å². The van der Waals surface area contributed by atoms with Gasteiger partial charge in [0, 0.05) is 31.1 Å². The molecular weight excluding hydrogens is 494 g/mol. The van der Waals surface area contributed by atoms with Gasteiger partial charge >= 0.3 is 0 Å². The number of hydrogen-bond donors (Lipinski definition) is 1. The first kappa shape index (κ1) is 28.8. The van der Waals surface area contributed by atoms with Gasteiger partial charge in [-0.05, 0) is 69.0 Å². The summed E-state index contributed by atoms with van der Waals surface area (Å²) < 4.78 is 12.2. The zero-order valence-corrected chi connectivity index (χ0v) is 23.4. The minimum absolute atomic E-state index is 0.149. The fourth-order valence-corrected chi connectivity index (χ4v) is 5.44. The van der Waals surface area contributed by atoms with Crippen molar-refractivity contribution in [3.63, 3.8) is 0 Å². The van der Waals surface area contributed by atoms with E-state index in [1.165, 1.54) is 16.7 Å². The quantitative estimate of drug-likeness (QED) is 0.272. The molecule has 0 aromatic heterocycles. The van der Waals surface area contributed by atoms with Gasteiger partial charge in [-0.1, -0.05) is 36.8 Å². The summed E-state index contributed by atoms with van der Waals surface area (Å²) in [4.78, 5) is 40.3. The van der Waals surface area contributed by atoms with Gasteiger partial charge in [-0.15, -0.1) is 0 Å². The molecule has 1 unspecified atom stereocenters. The molecule has 0 spiro atoms. The van der Waals surface area contributed by atoms with Crippen LogP contribution < -0.4 is 10.1 Å². The molecule has 2 amide bonds. The number of aryl methyl sites for hydroxylation is 1.